The van der Waals surface area contributed by atoms with Gasteiger partial charge in [0.25, 0.3) is 0 Å². The van der Waals surface area contributed by atoms with Gasteiger partial charge in [0.05, 0.1) is 11.9 Å². The van der Waals surface area contributed by atoms with Crippen LogP contribution in [0.1, 0.15) is 12.1 Å². The molecule has 1 rings (SSSR count). The van der Waals surface area contributed by atoms with Crippen molar-refractivity contribution in [2.24, 2.45) is 0 Å². The molecule has 0 fully saturated rings. The standard InChI is InChI=1S/C9H10FNS/c10-8-4-5-9(11-7-8)3-1-2-6-12/h1,3-5,7,12H,2,6H2. The predicted molar refractivity (Wildman–Crippen MR) is 51.7 cm³/mol. The molecule has 0 aliphatic carbocycles. The minimum Gasteiger partial charge on any atom is -0.254 e. The van der Waals surface area contributed by atoms with Gasteiger partial charge in [-0.3, -0.25) is 4.98 Å². The Hall–Kier alpha value is -0.830. The molecule has 0 amide bonds. The van der Waals surface area contributed by atoms with Crippen LogP contribution in [0.15, 0.2) is 24.4 Å². The third kappa shape index (κ3) is 3.05. The summed E-state index contributed by atoms with van der Waals surface area (Å²) in [5, 5.41) is 0. The van der Waals surface area contributed by atoms with Crippen LogP contribution < -0.4 is 0 Å². The normalized spacial score (nSPS) is 10.8. The minimum atomic E-state index is -0.304. The maximum Gasteiger partial charge on any atom is 0.141 e. The molecule has 0 aliphatic rings. The van der Waals surface area contributed by atoms with E-state index in [1.807, 2.05) is 12.2 Å². The van der Waals surface area contributed by atoms with Gasteiger partial charge in [0.15, 0.2) is 0 Å². The van der Waals surface area contributed by atoms with Crippen molar-refractivity contribution in [2.45, 2.75) is 6.42 Å². The van der Waals surface area contributed by atoms with Crippen LogP contribution in [0.2, 0.25) is 0 Å². The van der Waals surface area contributed by atoms with E-state index in [2.05, 4.69) is 17.6 Å². The first-order valence-corrected chi connectivity index (χ1v) is 4.35. The second-order valence-corrected chi connectivity index (χ2v) is 2.76. The second-order valence-electron chi connectivity index (χ2n) is 2.32. The van der Waals surface area contributed by atoms with Gasteiger partial charge in [-0.2, -0.15) is 12.6 Å². The molecule has 0 aliphatic heterocycles. The first-order valence-electron chi connectivity index (χ1n) is 3.72. The first-order chi connectivity index (χ1) is 5.83. The Morgan fingerprint density at radius 1 is 1.50 bits per heavy atom. The molecule has 1 aromatic rings. The van der Waals surface area contributed by atoms with Crippen LogP contribution in [0, 0.1) is 5.82 Å². The van der Waals surface area contributed by atoms with Crippen molar-refractivity contribution in [2.75, 3.05) is 5.75 Å². The lowest BCUT2D eigenvalue weighted by atomic mass is 10.3. The fourth-order valence-electron chi connectivity index (χ4n) is 0.764. The van der Waals surface area contributed by atoms with E-state index >= 15 is 0 Å². The van der Waals surface area contributed by atoms with E-state index in [1.54, 1.807) is 6.07 Å². The van der Waals surface area contributed by atoms with Crippen molar-refractivity contribution in [3.05, 3.63) is 35.9 Å². The average Bonchev–Trinajstić information content (AvgIpc) is 2.09. The SMILES string of the molecule is Fc1ccc(C=CCCS)nc1. The molecule has 1 aromatic heterocycles. The molecule has 0 atom stereocenters. The highest BCUT2D eigenvalue weighted by molar-refractivity contribution is 7.80. The van der Waals surface area contributed by atoms with Crippen LogP contribution in [0.4, 0.5) is 4.39 Å². The van der Waals surface area contributed by atoms with Crippen LogP contribution in [0.25, 0.3) is 6.08 Å². The molecular formula is C9H10FNS. The van der Waals surface area contributed by atoms with Crippen molar-refractivity contribution < 1.29 is 4.39 Å². The van der Waals surface area contributed by atoms with E-state index in [1.165, 1.54) is 12.3 Å². The molecule has 0 aromatic carbocycles. The first kappa shape index (κ1) is 9.26. The van der Waals surface area contributed by atoms with Crippen molar-refractivity contribution in [1.82, 2.24) is 4.98 Å². The van der Waals surface area contributed by atoms with E-state index in [4.69, 9.17) is 0 Å². The Labute approximate surface area is 76.7 Å². The number of hydrogen-bond acceptors (Lipinski definition) is 2. The molecular weight excluding hydrogens is 173 g/mol. The number of thiol groups is 1. The van der Waals surface area contributed by atoms with Crippen molar-refractivity contribution in [3.8, 4) is 0 Å². The summed E-state index contributed by atoms with van der Waals surface area (Å²) in [6, 6.07) is 3.04. The van der Waals surface area contributed by atoms with E-state index in [-0.39, 0.29) is 5.82 Å². The van der Waals surface area contributed by atoms with Gasteiger partial charge >= 0.3 is 0 Å². The number of nitrogens with zero attached hydrogens (tertiary/aromatic N) is 1. The fourth-order valence-corrected chi connectivity index (χ4v) is 0.914. The number of aromatic nitrogens is 1. The predicted octanol–water partition coefficient (Wildman–Crippen LogP) is 2.55. The van der Waals surface area contributed by atoms with Gasteiger partial charge in [0.1, 0.15) is 5.82 Å². The largest absolute Gasteiger partial charge is 0.254 e. The van der Waals surface area contributed by atoms with Crippen LogP contribution in [0.3, 0.4) is 0 Å². The van der Waals surface area contributed by atoms with Gasteiger partial charge in [-0.25, -0.2) is 4.39 Å². The van der Waals surface area contributed by atoms with E-state index in [9.17, 15) is 4.39 Å². The third-order valence-corrected chi connectivity index (χ3v) is 1.59. The monoisotopic (exact) mass is 183 g/mol. The lowest BCUT2D eigenvalue weighted by Crippen LogP contribution is -1.81. The summed E-state index contributed by atoms with van der Waals surface area (Å²) in [7, 11) is 0. The molecule has 0 radical (unpaired) electrons. The fraction of sp³-hybridized carbons (Fsp3) is 0.222. The second kappa shape index (κ2) is 4.93. The Balaban J connectivity index is 2.58. The molecule has 1 heterocycles. The number of halogens is 1. The average molecular weight is 183 g/mol. The Morgan fingerprint density at radius 2 is 2.33 bits per heavy atom. The number of hydrogen-bond donors (Lipinski definition) is 1. The summed E-state index contributed by atoms with van der Waals surface area (Å²) in [5.41, 5.74) is 0.776. The Kier molecular flexibility index (Phi) is 3.80. The van der Waals surface area contributed by atoms with Crippen molar-refractivity contribution in [1.29, 1.82) is 0 Å². The molecule has 0 unspecified atom stereocenters. The number of pyridine rings is 1. The highest BCUT2D eigenvalue weighted by Crippen LogP contribution is 2.01. The quantitative estimate of drug-likeness (QED) is 0.710. The van der Waals surface area contributed by atoms with E-state index in [0.29, 0.717) is 0 Å². The molecule has 0 bridgehead atoms. The van der Waals surface area contributed by atoms with E-state index < -0.39 is 0 Å². The maximum absolute atomic E-state index is 12.4. The van der Waals surface area contributed by atoms with E-state index in [0.717, 1.165) is 17.9 Å². The van der Waals surface area contributed by atoms with Crippen LogP contribution in [0.5, 0.6) is 0 Å². The zero-order chi connectivity index (χ0) is 8.81. The lowest BCUT2D eigenvalue weighted by Gasteiger charge is -1.90. The summed E-state index contributed by atoms with van der Waals surface area (Å²) < 4.78 is 12.4. The molecule has 0 saturated heterocycles. The molecule has 0 saturated carbocycles. The molecule has 0 spiro atoms. The maximum atomic E-state index is 12.4. The highest BCUT2D eigenvalue weighted by Gasteiger charge is 1.88. The molecule has 64 valence electrons. The molecule has 1 nitrogen and oxygen atoms in total. The summed E-state index contributed by atoms with van der Waals surface area (Å²) in [6.07, 6.45) is 5.94. The number of rotatable bonds is 3. The molecule has 3 heteroatoms. The minimum absolute atomic E-state index is 0.304. The van der Waals surface area contributed by atoms with Gasteiger partial charge in [-0.1, -0.05) is 6.08 Å². The van der Waals surface area contributed by atoms with Crippen LogP contribution in [-0.2, 0) is 0 Å². The Bertz CT molecular complexity index is 256. The van der Waals surface area contributed by atoms with Crippen LogP contribution in [-0.4, -0.2) is 10.7 Å². The third-order valence-electron chi connectivity index (χ3n) is 1.33. The van der Waals surface area contributed by atoms with Crippen LogP contribution >= 0.6 is 12.6 Å². The summed E-state index contributed by atoms with van der Waals surface area (Å²) in [6.45, 7) is 0. The summed E-state index contributed by atoms with van der Waals surface area (Å²) >= 11 is 4.05. The zero-order valence-electron chi connectivity index (χ0n) is 6.57. The zero-order valence-corrected chi connectivity index (χ0v) is 7.47. The lowest BCUT2D eigenvalue weighted by molar-refractivity contribution is 0.621. The summed E-state index contributed by atoms with van der Waals surface area (Å²) in [5.74, 6) is 0.513. The van der Waals surface area contributed by atoms with Gasteiger partial charge < -0.3 is 0 Å². The van der Waals surface area contributed by atoms with Crippen molar-refractivity contribution in [3.63, 3.8) is 0 Å². The van der Waals surface area contributed by atoms with Gasteiger partial charge in [-0.05, 0) is 30.4 Å². The number of allylic oxidation sites excluding steroid dienone is 1. The van der Waals surface area contributed by atoms with Crippen molar-refractivity contribution >= 4 is 18.7 Å². The van der Waals surface area contributed by atoms with Gasteiger partial charge in [0, 0.05) is 0 Å². The molecule has 0 N–H and O–H groups in total. The topological polar surface area (TPSA) is 12.9 Å². The van der Waals surface area contributed by atoms with Gasteiger partial charge in [0.2, 0.25) is 0 Å². The highest BCUT2D eigenvalue weighted by atomic mass is 32.1. The smallest absolute Gasteiger partial charge is 0.141 e. The molecule has 12 heavy (non-hydrogen) atoms. The van der Waals surface area contributed by atoms with Gasteiger partial charge in [-0.15, -0.1) is 0 Å². The Morgan fingerprint density at radius 3 is 2.92 bits per heavy atom. The summed E-state index contributed by atoms with van der Waals surface area (Å²) in [4.78, 5) is 3.86.